The van der Waals surface area contributed by atoms with Crippen LogP contribution in [0.2, 0.25) is 0 Å². The van der Waals surface area contributed by atoms with Gasteiger partial charge in [0.15, 0.2) is 5.82 Å². The van der Waals surface area contributed by atoms with Crippen LogP contribution >= 0.6 is 0 Å². The lowest BCUT2D eigenvalue weighted by atomic mass is 10.1. The van der Waals surface area contributed by atoms with Gasteiger partial charge in [0.1, 0.15) is 6.33 Å². The molecule has 0 aliphatic carbocycles. The summed E-state index contributed by atoms with van der Waals surface area (Å²) in [4.78, 5) is 4.42. The van der Waals surface area contributed by atoms with Crippen molar-refractivity contribution in [2.75, 3.05) is 13.1 Å². The van der Waals surface area contributed by atoms with Crippen LogP contribution in [0.1, 0.15) is 30.3 Å². The molecule has 1 fully saturated rings. The Hall–Kier alpha value is -1.68. The van der Waals surface area contributed by atoms with Gasteiger partial charge in [0.2, 0.25) is 0 Å². The first-order valence-corrected chi connectivity index (χ1v) is 6.56. The Morgan fingerprint density at radius 3 is 2.72 bits per heavy atom. The molecule has 4 heteroatoms. The molecule has 1 aromatic heterocycles. The molecular formula is C14H18N4. The Morgan fingerprint density at radius 2 is 1.94 bits per heavy atom. The number of hydrogen-bond acceptors (Lipinski definition) is 3. The normalized spacial score (nSPS) is 16.9. The van der Waals surface area contributed by atoms with Crippen LogP contribution in [0.3, 0.4) is 0 Å². The zero-order valence-electron chi connectivity index (χ0n) is 10.4. The summed E-state index contributed by atoms with van der Waals surface area (Å²) in [6.07, 6.45) is 5.00. The minimum atomic E-state index is 0.517. The van der Waals surface area contributed by atoms with E-state index in [1.165, 1.54) is 5.56 Å². The molecule has 0 amide bonds. The second-order valence-corrected chi connectivity index (χ2v) is 4.78. The number of hydrogen-bond donors (Lipinski definition) is 1. The van der Waals surface area contributed by atoms with Crippen molar-refractivity contribution in [1.82, 2.24) is 20.1 Å². The van der Waals surface area contributed by atoms with Gasteiger partial charge in [-0.15, -0.1) is 0 Å². The monoisotopic (exact) mass is 242 g/mol. The Bertz CT molecular complexity index is 486. The predicted molar refractivity (Wildman–Crippen MR) is 70.4 cm³/mol. The van der Waals surface area contributed by atoms with Gasteiger partial charge in [-0.1, -0.05) is 30.3 Å². The van der Waals surface area contributed by atoms with Gasteiger partial charge < -0.3 is 5.32 Å². The molecule has 0 spiro atoms. The third-order valence-electron chi connectivity index (χ3n) is 3.44. The number of aromatic nitrogens is 3. The first kappa shape index (κ1) is 11.4. The highest BCUT2D eigenvalue weighted by atomic mass is 15.3. The summed E-state index contributed by atoms with van der Waals surface area (Å²) in [5.41, 5.74) is 1.26. The molecule has 4 nitrogen and oxygen atoms in total. The van der Waals surface area contributed by atoms with Gasteiger partial charge in [-0.3, -0.25) is 0 Å². The van der Waals surface area contributed by atoms with E-state index in [0.29, 0.717) is 6.04 Å². The molecule has 2 aromatic rings. The fourth-order valence-electron chi connectivity index (χ4n) is 2.42. The molecule has 1 saturated heterocycles. The average Bonchev–Trinajstić information content (AvgIpc) is 2.89. The molecule has 1 N–H and O–H groups in total. The third kappa shape index (κ3) is 2.59. The maximum absolute atomic E-state index is 4.61. The van der Waals surface area contributed by atoms with E-state index in [0.717, 1.165) is 38.2 Å². The fourth-order valence-corrected chi connectivity index (χ4v) is 2.42. The van der Waals surface area contributed by atoms with Crippen molar-refractivity contribution in [3.8, 4) is 0 Å². The van der Waals surface area contributed by atoms with Gasteiger partial charge in [-0.2, -0.15) is 5.10 Å². The molecule has 0 radical (unpaired) electrons. The van der Waals surface area contributed by atoms with Gasteiger partial charge >= 0.3 is 0 Å². The van der Waals surface area contributed by atoms with Crippen molar-refractivity contribution in [2.45, 2.75) is 25.3 Å². The number of benzene rings is 1. The standard InChI is InChI=1S/C14H18N4/c1-2-4-12(5-3-1)10-14-16-11-18(17-14)13-6-8-15-9-7-13/h1-5,11,13,15H,6-10H2. The molecule has 94 valence electrons. The van der Waals surface area contributed by atoms with Crippen LogP contribution in [0.5, 0.6) is 0 Å². The second kappa shape index (κ2) is 5.31. The fraction of sp³-hybridized carbons (Fsp3) is 0.429. The number of nitrogens with zero attached hydrogens (tertiary/aromatic N) is 3. The molecular weight excluding hydrogens is 224 g/mol. The van der Waals surface area contributed by atoms with Crippen molar-refractivity contribution in [2.24, 2.45) is 0 Å². The second-order valence-electron chi connectivity index (χ2n) is 4.78. The van der Waals surface area contributed by atoms with Crippen molar-refractivity contribution in [1.29, 1.82) is 0 Å². The zero-order valence-corrected chi connectivity index (χ0v) is 10.4. The minimum absolute atomic E-state index is 0.517. The SMILES string of the molecule is c1ccc(Cc2ncn(C3CCNCC3)n2)cc1. The minimum Gasteiger partial charge on any atom is -0.317 e. The van der Waals surface area contributed by atoms with Crippen LogP contribution in [-0.4, -0.2) is 27.9 Å². The Kier molecular flexibility index (Phi) is 3.37. The van der Waals surface area contributed by atoms with Crippen molar-refractivity contribution in [3.05, 3.63) is 48.0 Å². The lowest BCUT2D eigenvalue weighted by Gasteiger charge is -2.22. The third-order valence-corrected chi connectivity index (χ3v) is 3.44. The average molecular weight is 242 g/mol. The summed E-state index contributed by atoms with van der Waals surface area (Å²) in [5, 5.41) is 7.98. The van der Waals surface area contributed by atoms with Crippen LogP contribution in [0.15, 0.2) is 36.7 Å². The summed E-state index contributed by atoms with van der Waals surface area (Å²) in [6.45, 7) is 2.16. The molecule has 1 aliphatic heterocycles. The summed E-state index contributed by atoms with van der Waals surface area (Å²) < 4.78 is 2.04. The maximum atomic E-state index is 4.61. The summed E-state index contributed by atoms with van der Waals surface area (Å²) in [7, 11) is 0. The Morgan fingerprint density at radius 1 is 1.17 bits per heavy atom. The topological polar surface area (TPSA) is 42.7 Å². The molecule has 18 heavy (non-hydrogen) atoms. The van der Waals surface area contributed by atoms with E-state index in [-0.39, 0.29) is 0 Å². The predicted octanol–water partition coefficient (Wildman–Crippen LogP) is 1.79. The first-order chi connectivity index (χ1) is 8.92. The highest BCUT2D eigenvalue weighted by molar-refractivity contribution is 5.18. The van der Waals surface area contributed by atoms with E-state index in [1.54, 1.807) is 0 Å². The summed E-state index contributed by atoms with van der Waals surface area (Å²) >= 11 is 0. The zero-order chi connectivity index (χ0) is 12.2. The largest absolute Gasteiger partial charge is 0.317 e. The maximum Gasteiger partial charge on any atom is 0.154 e. The molecule has 0 bridgehead atoms. The van der Waals surface area contributed by atoms with Crippen LogP contribution in [-0.2, 0) is 6.42 Å². The molecule has 1 aromatic carbocycles. The van der Waals surface area contributed by atoms with Gasteiger partial charge in [0.05, 0.1) is 6.04 Å². The van der Waals surface area contributed by atoms with Gasteiger partial charge in [0.25, 0.3) is 0 Å². The molecule has 2 heterocycles. The summed E-state index contributed by atoms with van der Waals surface area (Å²) in [6, 6.07) is 10.9. The number of rotatable bonds is 3. The highest BCUT2D eigenvalue weighted by Crippen LogP contribution is 2.17. The first-order valence-electron chi connectivity index (χ1n) is 6.56. The van der Waals surface area contributed by atoms with E-state index in [9.17, 15) is 0 Å². The van der Waals surface area contributed by atoms with Crippen molar-refractivity contribution < 1.29 is 0 Å². The Balaban J connectivity index is 1.69. The van der Waals surface area contributed by atoms with Crippen molar-refractivity contribution in [3.63, 3.8) is 0 Å². The molecule has 0 unspecified atom stereocenters. The van der Waals surface area contributed by atoms with E-state index in [1.807, 2.05) is 17.1 Å². The van der Waals surface area contributed by atoms with Crippen LogP contribution in [0, 0.1) is 0 Å². The van der Waals surface area contributed by atoms with Gasteiger partial charge in [-0.25, -0.2) is 9.67 Å². The Labute approximate surface area is 107 Å². The highest BCUT2D eigenvalue weighted by Gasteiger charge is 2.16. The number of nitrogens with one attached hydrogen (secondary N) is 1. The quantitative estimate of drug-likeness (QED) is 0.892. The van der Waals surface area contributed by atoms with E-state index >= 15 is 0 Å². The van der Waals surface area contributed by atoms with Crippen LogP contribution in [0.4, 0.5) is 0 Å². The molecule has 1 aliphatic rings. The molecule has 3 rings (SSSR count). The summed E-state index contributed by atoms with van der Waals surface area (Å²) in [5.74, 6) is 0.916. The van der Waals surface area contributed by atoms with Crippen molar-refractivity contribution >= 4 is 0 Å². The smallest absolute Gasteiger partial charge is 0.154 e. The van der Waals surface area contributed by atoms with E-state index < -0.39 is 0 Å². The van der Waals surface area contributed by atoms with E-state index in [4.69, 9.17) is 0 Å². The van der Waals surface area contributed by atoms with E-state index in [2.05, 4.69) is 39.7 Å². The molecule has 0 atom stereocenters. The van der Waals surface area contributed by atoms with Crippen LogP contribution < -0.4 is 5.32 Å². The molecule has 0 saturated carbocycles. The number of piperidine rings is 1. The van der Waals surface area contributed by atoms with Gasteiger partial charge in [0, 0.05) is 6.42 Å². The van der Waals surface area contributed by atoms with Crippen LogP contribution in [0.25, 0.3) is 0 Å². The lowest BCUT2D eigenvalue weighted by Crippen LogP contribution is -2.29. The van der Waals surface area contributed by atoms with Gasteiger partial charge in [-0.05, 0) is 31.5 Å². The lowest BCUT2D eigenvalue weighted by molar-refractivity contribution is 0.341.